The molecule has 0 saturated carbocycles. The van der Waals surface area contributed by atoms with Gasteiger partial charge in [-0.25, -0.2) is 14.4 Å². The zero-order chi connectivity index (χ0) is 18.2. The lowest BCUT2D eigenvalue weighted by atomic mass is 10.1. The van der Waals surface area contributed by atoms with Gasteiger partial charge in [-0.2, -0.15) is 0 Å². The van der Waals surface area contributed by atoms with E-state index in [0.717, 1.165) is 28.8 Å². The molecule has 0 radical (unpaired) electrons. The molecule has 2 N–H and O–H groups in total. The number of nitrogens with zero attached hydrogens (tertiary/aromatic N) is 2. The number of aliphatic imine (C=N–C) groups is 1. The second-order valence-electron chi connectivity index (χ2n) is 5.65. The number of hydrogen-bond acceptors (Lipinski definition) is 4. The topological polar surface area (TPSA) is 58.5 Å². The Morgan fingerprint density at radius 3 is 2.76 bits per heavy atom. The highest BCUT2D eigenvalue weighted by Gasteiger charge is 2.07. The average Bonchev–Trinajstić information content (AvgIpc) is 2.90. The molecule has 1 aromatic heterocycles. The van der Waals surface area contributed by atoms with Crippen LogP contribution < -0.4 is 10.6 Å². The number of hydrogen-bond donors (Lipinski definition) is 2. The minimum absolute atomic E-state index is 0.254. The van der Waals surface area contributed by atoms with E-state index in [-0.39, 0.29) is 12.4 Å². The van der Waals surface area contributed by atoms with Crippen molar-refractivity contribution in [2.45, 2.75) is 40.5 Å². The van der Waals surface area contributed by atoms with Gasteiger partial charge in [0.2, 0.25) is 0 Å². The molecule has 0 aliphatic heterocycles. The van der Waals surface area contributed by atoms with E-state index in [9.17, 15) is 4.39 Å². The summed E-state index contributed by atoms with van der Waals surface area (Å²) in [7, 11) is 1.56. The molecule has 1 aromatic carbocycles. The minimum Gasteiger partial charge on any atom is -0.380 e. The van der Waals surface area contributed by atoms with Crippen LogP contribution in [0.1, 0.15) is 33.6 Å². The van der Waals surface area contributed by atoms with E-state index in [2.05, 4.69) is 20.6 Å². The first-order valence-corrected chi connectivity index (χ1v) is 9.06. The van der Waals surface area contributed by atoms with Crippen molar-refractivity contribution >= 4 is 17.3 Å². The number of aryl methyl sites for hydroxylation is 2. The quantitative estimate of drug-likeness (QED) is 0.585. The van der Waals surface area contributed by atoms with Crippen molar-refractivity contribution in [2.75, 3.05) is 13.7 Å². The van der Waals surface area contributed by atoms with Crippen molar-refractivity contribution in [3.05, 3.63) is 50.7 Å². The summed E-state index contributed by atoms with van der Waals surface area (Å²) in [5.41, 5.74) is 2.54. The summed E-state index contributed by atoms with van der Waals surface area (Å²) < 4.78 is 18.7. The number of aromatic nitrogens is 1. The van der Waals surface area contributed by atoms with Gasteiger partial charge in [0, 0.05) is 24.1 Å². The van der Waals surface area contributed by atoms with Crippen LogP contribution in [0.4, 0.5) is 4.39 Å². The molecule has 2 rings (SSSR count). The number of benzene rings is 1. The number of thiazole rings is 1. The van der Waals surface area contributed by atoms with E-state index in [0.29, 0.717) is 18.7 Å². The normalized spacial score (nSPS) is 11.6. The summed E-state index contributed by atoms with van der Waals surface area (Å²) in [4.78, 5) is 10.2. The van der Waals surface area contributed by atoms with E-state index in [1.165, 1.54) is 10.9 Å². The predicted molar refractivity (Wildman–Crippen MR) is 100 cm³/mol. The lowest BCUT2D eigenvalue weighted by Gasteiger charge is -2.11. The van der Waals surface area contributed by atoms with Crippen LogP contribution in [0, 0.1) is 19.7 Å². The fourth-order valence-electron chi connectivity index (χ4n) is 2.41. The lowest BCUT2D eigenvalue weighted by molar-refractivity contribution is 0.181. The Morgan fingerprint density at radius 1 is 1.32 bits per heavy atom. The molecular weight excluding hydrogens is 339 g/mol. The second kappa shape index (κ2) is 9.48. The van der Waals surface area contributed by atoms with Crippen molar-refractivity contribution in [3.8, 4) is 0 Å². The molecule has 0 spiro atoms. The highest BCUT2D eigenvalue weighted by Crippen LogP contribution is 2.16. The minimum atomic E-state index is -0.254. The lowest BCUT2D eigenvalue weighted by Crippen LogP contribution is -2.36. The Hall–Kier alpha value is -1.99. The van der Waals surface area contributed by atoms with Gasteiger partial charge in [-0.3, -0.25) is 0 Å². The summed E-state index contributed by atoms with van der Waals surface area (Å²) in [6.07, 6.45) is 0. The summed E-state index contributed by atoms with van der Waals surface area (Å²) in [5, 5.41) is 7.61. The molecule has 0 atom stereocenters. The SMILES string of the molecule is CCNC(=NCc1ccc(F)c(COC)c1)NCc1sc(C)nc1C. The molecule has 7 heteroatoms. The van der Waals surface area contributed by atoms with Crippen LogP contribution in [0.25, 0.3) is 0 Å². The second-order valence-corrected chi connectivity index (χ2v) is 6.94. The molecular formula is C18H25FN4OS. The molecule has 2 aromatic rings. The number of methoxy groups -OCH3 is 1. The first kappa shape index (κ1) is 19.3. The molecule has 0 amide bonds. The molecule has 1 heterocycles. The predicted octanol–water partition coefficient (Wildman–Crippen LogP) is 3.30. The maximum absolute atomic E-state index is 13.7. The number of guanidine groups is 1. The van der Waals surface area contributed by atoms with Gasteiger partial charge in [-0.05, 0) is 38.5 Å². The summed E-state index contributed by atoms with van der Waals surface area (Å²) in [6.45, 7) is 8.21. The Morgan fingerprint density at radius 2 is 2.12 bits per heavy atom. The first-order valence-electron chi connectivity index (χ1n) is 8.24. The average molecular weight is 364 g/mol. The maximum atomic E-state index is 13.7. The highest BCUT2D eigenvalue weighted by atomic mass is 32.1. The van der Waals surface area contributed by atoms with Gasteiger partial charge in [-0.1, -0.05) is 6.07 Å². The van der Waals surface area contributed by atoms with Gasteiger partial charge in [0.05, 0.1) is 30.4 Å². The molecule has 0 aliphatic rings. The fraction of sp³-hybridized carbons (Fsp3) is 0.444. The Balaban J connectivity index is 2.03. The third-order valence-corrected chi connectivity index (χ3v) is 4.66. The Kier molecular flexibility index (Phi) is 7.33. The molecule has 0 aliphatic carbocycles. The van der Waals surface area contributed by atoms with Gasteiger partial charge < -0.3 is 15.4 Å². The van der Waals surface area contributed by atoms with E-state index >= 15 is 0 Å². The van der Waals surface area contributed by atoms with Crippen molar-refractivity contribution in [2.24, 2.45) is 4.99 Å². The van der Waals surface area contributed by atoms with Gasteiger partial charge in [-0.15, -0.1) is 11.3 Å². The molecule has 0 bridgehead atoms. The van der Waals surface area contributed by atoms with Crippen molar-refractivity contribution in [1.29, 1.82) is 0 Å². The van der Waals surface area contributed by atoms with Gasteiger partial charge in [0.1, 0.15) is 5.82 Å². The monoisotopic (exact) mass is 364 g/mol. The third-order valence-electron chi connectivity index (χ3n) is 3.59. The van der Waals surface area contributed by atoms with E-state index in [1.54, 1.807) is 30.6 Å². The van der Waals surface area contributed by atoms with Crippen LogP contribution >= 0.6 is 11.3 Å². The van der Waals surface area contributed by atoms with Gasteiger partial charge in [0.15, 0.2) is 5.96 Å². The van der Waals surface area contributed by atoms with Crippen molar-refractivity contribution in [1.82, 2.24) is 15.6 Å². The van der Waals surface area contributed by atoms with Crippen LogP contribution in [0.3, 0.4) is 0 Å². The largest absolute Gasteiger partial charge is 0.380 e. The zero-order valence-electron chi connectivity index (χ0n) is 15.1. The molecule has 0 fully saturated rings. The number of ether oxygens (including phenoxy) is 1. The summed E-state index contributed by atoms with van der Waals surface area (Å²) in [6, 6.07) is 5.00. The van der Waals surface area contributed by atoms with E-state index < -0.39 is 0 Å². The van der Waals surface area contributed by atoms with Gasteiger partial charge >= 0.3 is 0 Å². The van der Waals surface area contributed by atoms with Crippen molar-refractivity contribution < 1.29 is 9.13 Å². The number of halogens is 1. The zero-order valence-corrected chi connectivity index (χ0v) is 16.0. The smallest absolute Gasteiger partial charge is 0.191 e. The molecule has 0 saturated heterocycles. The first-order chi connectivity index (χ1) is 12.0. The highest BCUT2D eigenvalue weighted by molar-refractivity contribution is 7.11. The molecule has 5 nitrogen and oxygen atoms in total. The van der Waals surface area contributed by atoms with Crippen molar-refractivity contribution in [3.63, 3.8) is 0 Å². The number of rotatable bonds is 7. The molecule has 0 unspecified atom stereocenters. The van der Waals surface area contributed by atoms with Crippen LogP contribution in [-0.2, 0) is 24.4 Å². The Bertz CT molecular complexity index is 730. The summed E-state index contributed by atoms with van der Waals surface area (Å²) >= 11 is 1.69. The third kappa shape index (κ3) is 5.79. The molecule has 136 valence electrons. The van der Waals surface area contributed by atoms with Crippen LogP contribution in [0.5, 0.6) is 0 Å². The van der Waals surface area contributed by atoms with Crippen LogP contribution in [0.2, 0.25) is 0 Å². The molecule has 25 heavy (non-hydrogen) atoms. The fourth-order valence-corrected chi connectivity index (χ4v) is 3.28. The van der Waals surface area contributed by atoms with E-state index in [4.69, 9.17) is 4.74 Å². The van der Waals surface area contributed by atoms with Crippen LogP contribution in [0.15, 0.2) is 23.2 Å². The number of nitrogens with one attached hydrogen (secondary N) is 2. The maximum Gasteiger partial charge on any atom is 0.191 e. The van der Waals surface area contributed by atoms with Gasteiger partial charge in [0.25, 0.3) is 0 Å². The standard InChI is InChI=1S/C18H25FN4OS/c1-5-20-18(22-10-17-12(2)23-13(3)25-17)21-9-14-6-7-16(19)15(8-14)11-24-4/h6-8H,5,9-11H2,1-4H3,(H2,20,21,22). The summed E-state index contributed by atoms with van der Waals surface area (Å²) in [5.74, 6) is 0.473. The van der Waals surface area contributed by atoms with Crippen LogP contribution in [-0.4, -0.2) is 24.6 Å². The Labute approximate surface area is 152 Å². The van der Waals surface area contributed by atoms with E-state index in [1.807, 2.05) is 20.8 Å².